The number of benzene rings is 2. The van der Waals surface area contributed by atoms with Crippen molar-refractivity contribution >= 4 is 45.0 Å². The molecule has 0 saturated carbocycles. The van der Waals surface area contributed by atoms with E-state index in [0.29, 0.717) is 29.2 Å². The number of piperidine rings is 1. The summed E-state index contributed by atoms with van der Waals surface area (Å²) in [4.78, 5) is 24.2. The summed E-state index contributed by atoms with van der Waals surface area (Å²) in [6.45, 7) is 2.53. The summed E-state index contributed by atoms with van der Waals surface area (Å²) in [7, 11) is -3.61. The highest BCUT2D eigenvalue weighted by molar-refractivity contribution is 7.89. The minimum atomic E-state index is -3.61. The smallest absolute Gasteiger partial charge is 0.411 e. The topological polar surface area (TPSA) is 105 Å². The first kappa shape index (κ1) is 23.1. The van der Waals surface area contributed by atoms with E-state index in [-0.39, 0.29) is 36.4 Å². The van der Waals surface area contributed by atoms with Gasteiger partial charge in [-0.1, -0.05) is 11.6 Å². The Balaban J connectivity index is 1.53. The Morgan fingerprint density at radius 3 is 2.10 bits per heavy atom. The molecule has 1 saturated heterocycles. The maximum Gasteiger partial charge on any atom is 0.411 e. The molecule has 31 heavy (non-hydrogen) atoms. The summed E-state index contributed by atoms with van der Waals surface area (Å²) in [5.74, 6) is -0.441. The minimum Gasteiger partial charge on any atom is -0.450 e. The molecule has 3 rings (SSSR count). The van der Waals surface area contributed by atoms with E-state index in [9.17, 15) is 18.0 Å². The zero-order valence-corrected chi connectivity index (χ0v) is 18.6. The summed E-state index contributed by atoms with van der Waals surface area (Å²) in [6.07, 6.45) is 0.321. The number of nitrogens with one attached hydrogen (secondary N) is 2. The van der Waals surface area contributed by atoms with E-state index < -0.39 is 16.1 Å². The van der Waals surface area contributed by atoms with Crippen LogP contribution in [0.15, 0.2) is 53.4 Å². The molecule has 1 heterocycles. The summed E-state index contributed by atoms with van der Waals surface area (Å²) >= 11 is 5.83. The van der Waals surface area contributed by atoms with E-state index in [1.165, 1.54) is 16.4 Å². The number of carbonyl (C=O) groups excluding carboxylic acids is 2. The van der Waals surface area contributed by atoms with Crippen molar-refractivity contribution in [1.82, 2.24) is 4.31 Å². The molecular weight excluding hydrogens is 442 g/mol. The number of carbonyl (C=O) groups is 2. The summed E-state index contributed by atoms with van der Waals surface area (Å²) in [6, 6.07) is 12.7. The van der Waals surface area contributed by atoms with Crippen LogP contribution in [0.5, 0.6) is 0 Å². The Kier molecular flexibility index (Phi) is 7.53. The third kappa shape index (κ3) is 5.96. The first-order chi connectivity index (χ1) is 14.8. The van der Waals surface area contributed by atoms with Gasteiger partial charge in [-0.2, -0.15) is 4.31 Å². The third-order valence-electron chi connectivity index (χ3n) is 4.95. The molecule has 1 fully saturated rings. The van der Waals surface area contributed by atoms with E-state index in [2.05, 4.69) is 10.6 Å². The number of rotatable bonds is 6. The normalized spacial score (nSPS) is 15.3. The van der Waals surface area contributed by atoms with Gasteiger partial charge < -0.3 is 10.1 Å². The van der Waals surface area contributed by atoms with Gasteiger partial charge in [-0.15, -0.1) is 0 Å². The van der Waals surface area contributed by atoms with Crippen molar-refractivity contribution in [3.63, 3.8) is 0 Å². The predicted octanol–water partition coefficient (Wildman–Crippen LogP) is 3.95. The van der Waals surface area contributed by atoms with E-state index >= 15 is 0 Å². The van der Waals surface area contributed by atoms with Gasteiger partial charge in [0, 0.05) is 35.4 Å². The molecule has 10 heteroatoms. The van der Waals surface area contributed by atoms with Crippen molar-refractivity contribution in [1.29, 1.82) is 0 Å². The van der Waals surface area contributed by atoms with Crippen LogP contribution in [0.3, 0.4) is 0 Å². The van der Waals surface area contributed by atoms with Crippen LogP contribution < -0.4 is 10.6 Å². The first-order valence-corrected chi connectivity index (χ1v) is 11.7. The molecule has 0 radical (unpaired) electrons. The molecule has 8 nitrogen and oxygen atoms in total. The largest absolute Gasteiger partial charge is 0.450 e. The SMILES string of the molecule is CCOC(=O)Nc1ccc(NC(=O)C2CCN(S(=O)(=O)c3ccc(Cl)cc3)CC2)cc1. The Morgan fingerprint density at radius 2 is 1.55 bits per heavy atom. The molecule has 2 aromatic rings. The van der Waals surface area contributed by atoms with E-state index in [0.717, 1.165) is 0 Å². The predicted molar refractivity (Wildman–Crippen MR) is 119 cm³/mol. The van der Waals surface area contributed by atoms with Crippen LogP contribution in [-0.4, -0.2) is 44.4 Å². The van der Waals surface area contributed by atoms with Gasteiger partial charge in [-0.3, -0.25) is 10.1 Å². The maximum absolute atomic E-state index is 12.8. The number of amides is 2. The molecule has 2 aromatic carbocycles. The second-order valence-corrected chi connectivity index (χ2v) is 9.42. The minimum absolute atomic E-state index is 0.158. The van der Waals surface area contributed by atoms with Crippen molar-refractivity contribution in [2.75, 3.05) is 30.3 Å². The van der Waals surface area contributed by atoms with E-state index in [4.69, 9.17) is 16.3 Å². The number of anilines is 2. The highest BCUT2D eigenvalue weighted by Gasteiger charge is 2.32. The highest BCUT2D eigenvalue weighted by Crippen LogP contribution is 2.26. The second-order valence-electron chi connectivity index (χ2n) is 7.04. The van der Waals surface area contributed by atoms with Crippen molar-refractivity contribution in [3.05, 3.63) is 53.6 Å². The van der Waals surface area contributed by atoms with Gasteiger partial charge in [0.15, 0.2) is 0 Å². The molecular formula is C21H24ClN3O5S. The van der Waals surface area contributed by atoms with Gasteiger partial charge in [-0.05, 0) is 68.3 Å². The fourth-order valence-electron chi connectivity index (χ4n) is 3.28. The standard InChI is InChI=1S/C21H24ClN3O5S/c1-2-30-21(27)24-18-7-5-17(6-8-18)23-20(26)15-11-13-25(14-12-15)31(28,29)19-9-3-16(22)4-10-19/h3-10,15H,2,11-14H2,1H3,(H,23,26)(H,24,27). The second kappa shape index (κ2) is 10.1. The molecule has 0 aromatic heterocycles. The fraction of sp³-hybridized carbons (Fsp3) is 0.333. The molecule has 0 bridgehead atoms. The molecule has 0 atom stereocenters. The van der Waals surface area contributed by atoms with Gasteiger partial charge in [0.25, 0.3) is 0 Å². The van der Waals surface area contributed by atoms with Gasteiger partial charge in [0.1, 0.15) is 0 Å². The van der Waals surface area contributed by atoms with Gasteiger partial charge in [-0.25, -0.2) is 13.2 Å². The number of ether oxygens (including phenoxy) is 1. The molecule has 0 unspecified atom stereocenters. The van der Waals surface area contributed by atoms with Crippen LogP contribution in [0.1, 0.15) is 19.8 Å². The zero-order chi connectivity index (χ0) is 22.4. The van der Waals surface area contributed by atoms with E-state index in [1.54, 1.807) is 43.3 Å². The Bertz CT molecular complexity index is 1020. The summed E-state index contributed by atoms with van der Waals surface area (Å²) < 4.78 is 31.7. The zero-order valence-electron chi connectivity index (χ0n) is 17.0. The summed E-state index contributed by atoms with van der Waals surface area (Å²) in [5.41, 5.74) is 1.15. The number of nitrogens with zero attached hydrogens (tertiary/aromatic N) is 1. The van der Waals surface area contributed by atoms with Crippen LogP contribution in [0.25, 0.3) is 0 Å². The van der Waals surface area contributed by atoms with Crippen LogP contribution in [-0.2, 0) is 19.6 Å². The first-order valence-electron chi connectivity index (χ1n) is 9.90. The van der Waals surface area contributed by atoms with Crippen molar-refractivity contribution in [3.8, 4) is 0 Å². The molecule has 1 aliphatic heterocycles. The van der Waals surface area contributed by atoms with E-state index in [1.807, 2.05) is 0 Å². The Morgan fingerprint density at radius 1 is 1.00 bits per heavy atom. The lowest BCUT2D eigenvalue weighted by molar-refractivity contribution is -0.120. The number of halogens is 1. The van der Waals surface area contributed by atoms with Crippen molar-refractivity contribution in [2.45, 2.75) is 24.7 Å². The average Bonchev–Trinajstić information content (AvgIpc) is 2.75. The molecule has 2 amide bonds. The lowest BCUT2D eigenvalue weighted by atomic mass is 9.97. The molecule has 166 valence electrons. The monoisotopic (exact) mass is 465 g/mol. The number of sulfonamides is 1. The number of hydrogen-bond donors (Lipinski definition) is 2. The lowest BCUT2D eigenvalue weighted by Gasteiger charge is -2.30. The molecule has 0 aliphatic carbocycles. The van der Waals surface area contributed by atoms with Gasteiger partial charge >= 0.3 is 6.09 Å². The molecule has 1 aliphatic rings. The third-order valence-corrected chi connectivity index (χ3v) is 7.12. The molecule has 2 N–H and O–H groups in total. The lowest BCUT2D eigenvalue weighted by Crippen LogP contribution is -2.41. The van der Waals surface area contributed by atoms with Gasteiger partial charge in [0.2, 0.25) is 15.9 Å². The maximum atomic E-state index is 12.8. The van der Waals surface area contributed by atoms with Crippen molar-refractivity contribution in [2.24, 2.45) is 5.92 Å². The Hall–Kier alpha value is -2.62. The summed E-state index contributed by atoms with van der Waals surface area (Å²) in [5, 5.41) is 5.89. The highest BCUT2D eigenvalue weighted by atomic mass is 35.5. The number of hydrogen-bond acceptors (Lipinski definition) is 5. The average molecular weight is 466 g/mol. The van der Waals surface area contributed by atoms with Crippen LogP contribution in [0.2, 0.25) is 5.02 Å². The molecule has 0 spiro atoms. The van der Waals surface area contributed by atoms with Crippen LogP contribution in [0.4, 0.5) is 16.2 Å². The Labute approximate surface area is 186 Å². The van der Waals surface area contributed by atoms with Gasteiger partial charge in [0.05, 0.1) is 11.5 Å². The van der Waals surface area contributed by atoms with Crippen LogP contribution >= 0.6 is 11.6 Å². The van der Waals surface area contributed by atoms with Crippen molar-refractivity contribution < 1.29 is 22.7 Å². The quantitative estimate of drug-likeness (QED) is 0.672. The fourth-order valence-corrected chi connectivity index (χ4v) is 4.88. The van der Waals surface area contributed by atoms with Crippen LogP contribution in [0, 0.1) is 5.92 Å².